The number of carbonyl (C=O) groups excluding carboxylic acids is 5. The number of carbonyl (C=O) groups is 5. The molecule has 1 saturated heterocycles. The monoisotopic (exact) mass is 791 g/mol. The minimum Gasteiger partial charge on any atom is -0.472 e. The van der Waals surface area contributed by atoms with Crippen LogP contribution in [0, 0.1) is 18.3 Å². The molecular weight excluding hydrogens is 738 g/mol. The third-order valence-corrected chi connectivity index (χ3v) is 11.0. The Hall–Kier alpha value is -4.72. The summed E-state index contributed by atoms with van der Waals surface area (Å²) in [6.45, 7) is 9.39. The fourth-order valence-corrected chi connectivity index (χ4v) is 7.70. The van der Waals surface area contributed by atoms with Gasteiger partial charge in [-0.2, -0.15) is 4.98 Å². The number of ether oxygens (including phenoxy) is 1. The highest BCUT2D eigenvalue weighted by molar-refractivity contribution is 6.38. The van der Waals surface area contributed by atoms with Gasteiger partial charge in [-0.25, -0.2) is 4.98 Å². The van der Waals surface area contributed by atoms with Crippen LogP contribution in [0.15, 0.2) is 40.9 Å². The van der Waals surface area contributed by atoms with E-state index >= 15 is 0 Å². The third-order valence-electron chi connectivity index (χ3n) is 10.8. The van der Waals surface area contributed by atoms with Crippen molar-refractivity contribution in [3.05, 3.63) is 47.1 Å². The van der Waals surface area contributed by atoms with Gasteiger partial charge in [-0.05, 0) is 74.1 Å². The summed E-state index contributed by atoms with van der Waals surface area (Å²) in [7, 11) is 0. The van der Waals surface area contributed by atoms with Gasteiger partial charge in [0.15, 0.2) is 5.58 Å². The summed E-state index contributed by atoms with van der Waals surface area (Å²) in [6, 6.07) is 5.19. The number of fused-ring (bicyclic) bond motifs is 1. The molecule has 15 heteroatoms. The van der Waals surface area contributed by atoms with E-state index in [1.54, 1.807) is 12.1 Å². The van der Waals surface area contributed by atoms with E-state index in [0.29, 0.717) is 22.5 Å². The normalized spacial score (nSPS) is 20.5. The summed E-state index contributed by atoms with van der Waals surface area (Å²) in [4.78, 5) is 79.7. The summed E-state index contributed by atoms with van der Waals surface area (Å²) in [6.07, 6.45) is 7.94. The molecule has 3 aliphatic rings. The van der Waals surface area contributed by atoms with Gasteiger partial charge in [0.25, 0.3) is 11.9 Å². The van der Waals surface area contributed by atoms with Crippen LogP contribution in [-0.2, 0) is 24.0 Å². The zero-order valence-electron chi connectivity index (χ0n) is 32.9. The summed E-state index contributed by atoms with van der Waals surface area (Å²) < 4.78 is 12.2. The molecule has 302 valence electrons. The number of nitrogens with zero attached hydrogens (tertiary/aromatic N) is 3. The van der Waals surface area contributed by atoms with E-state index in [1.807, 2.05) is 52.8 Å². The molecule has 0 bridgehead atoms. The molecular formula is C41H54ClN7O7. The molecule has 4 N–H and O–H groups in total. The zero-order valence-corrected chi connectivity index (χ0v) is 33.6. The Morgan fingerprint density at radius 1 is 1.02 bits per heavy atom. The van der Waals surface area contributed by atoms with Gasteiger partial charge in [-0.15, -0.1) is 0 Å². The quantitative estimate of drug-likeness (QED) is 0.148. The lowest BCUT2D eigenvalue weighted by Gasteiger charge is -2.37. The van der Waals surface area contributed by atoms with Crippen LogP contribution in [0.1, 0.15) is 97.5 Å². The predicted octanol–water partition coefficient (Wildman–Crippen LogP) is 5.26. The van der Waals surface area contributed by atoms with E-state index in [2.05, 4.69) is 31.2 Å². The van der Waals surface area contributed by atoms with Gasteiger partial charge in [0.1, 0.15) is 29.7 Å². The fraction of sp³-hybridized carbons (Fsp3) is 0.585. The molecule has 14 nitrogen and oxygen atoms in total. The van der Waals surface area contributed by atoms with Crippen LogP contribution in [0.4, 0.5) is 6.01 Å². The van der Waals surface area contributed by atoms with Gasteiger partial charge in [-0.1, -0.05) is 71.0 Å². The largest absolute Gasteiger partial charge is 0.472 e. The number of pyridine rings is 1. The lowest BCUT2D eigenvalue weighted by Crippen LogP contribution is -2.61. The van der Waals surface area contributed by atoms with Crippen molar-refractivity contribution in [2.75, 3.05) is 11.9 Å². The number of nitrogens with one attached hydrogen (secondary N) is 4. The third kappa shape index (κ3) is 10.2. The topological polar surface area (TPSA) is 185 Å². The van der Waals surface area contributed by atoms with Crippen LogP contribution < -0.4 is 26.0 Å². The Labute approximate surface area is 332 Å². The molecule has 4 amide bonds. The zero-order chi connectivity index (χ0) is 40.1. The van der Waals surface area contributed by atoms with E-state index in [9.17, 15) is 24.0 Å². The van der Waals surface area contributed by atoms with Gasteiger partial charge in [-0.3, -0.25) is 24.0 Å². The van der Waals surface area contributed by atoms with Crippen molar-refractivity contribution in [3.8, 4) is 5.88 Å². The van der Waals surface area contributed by atoms with Crippen molar-refractivity contribution in [2.24, 2.45) is 11.3 Å². The molecule has 1 aromatic carbocycles. The van der Waals surface area contributed by atoms with E-state index in [0.717, 1.165) is 50.5 Å². The second kappa shape index (κ2) is 17.6. The highest BCUT2D eigenvalue weighted by Gasteiger charge is 2.47. The highest BCUT2D eigenvalue weighted by Crippen LogP contribution is 2.32. The average molecular weight is 792 g/mol. The summed E-state index contributed by atoms with van der Waals surface area (Å²) in [5.74, 6) is -2.67. The number of anilines is 1. The molecule has 56 heavy (non-hydrogen) atoms. The number of amides is 4. The number of rotatable bonds is 15. The van der Waals surface area contributed by atoms with Crippen molar-refractivity contribution >= 4 is 58.1 Å². The number of oxazole rings is 1. The van der Waals surface area contributed by atoms with Gasteiger partial charge < -0.3 is 35.3 Å². The smallest absolute Gasteiger partial charge is 0.296 e. The predicted molar refractivity (Wildman–Crippen MR) is 211 cm³/mol. The van der Waals surface area contributed by atoms with Crippen molar-refractivity contribution in [1.82, 2.24) is 30.8 Å². The fourth-order valence-electron chi connectivity index (χ4n) is 7.58. The molecule has 1 aliphatic heterocycles. The Balaban J connectivity index is 1.25. The van der Waals surface area contributed by atoms with Crippen molar-refractivity contribution < 1.29 is 33.1 Å². The average Bonchev–Trinajstić information content (AvgIpc) is 3.73. The van der Waals surface area contributed by atoms with Gasteiger partial charge in [0, 0.05) is 24.7 Å². The first-order chi connectivity index (χ1) is 26.7. The van der Waals surface area contributed by atoms with Crippen molar-refractivity contribution in [2.45, 2.75) is 135 Å². The maximum atomic E-state index is 14.8. The first-order valence-corrected chi connectivity index (χ1v) is 20.3. The van der Waals surface area contributed by atoms with Gasteiger partial charge in [0.2, 0.25) is 29.4 Å². The van der Waals surface area contributed by atoms with Gasteiger partial charge in [0.05, 0.1) is 17.6 Å². The molecule has 3 heterocycles. The maximum Gasteiger partial charge on any atom is 0.296 e. The van der Waals surface area contributed by atoms with Crippen LogP contribution in [0.2, 0.25) is 5.02 Å². The molecule has 2 unspecified atom stereocenters. The number of hydrogen-bond donors (Lipinski definition) is 4. The number of halogens is 1. The van der Waals surface area contributed by atoms with Crippen molar-refractivity contribution in [3.63, 3.8) is 0 Å². The Morgan fingerprint density at radius 3 is 2.43 bits per heavy atom. The minimum absolute atomic E-state index is 0.00482. The van der Waals surface area contributed by atoms with Crippen LogP contribution in [0.5, 0.6) is 5.88 Å². The Kier molecular flexibility index (Phi) is 12.9. The van der Waals surface area contributed by atoms with Crippen LogP contribution in [0.25, 0.3) is 11.1 Å². The maximum absolute atomic E-state index is 14.8. The lowest BCUT2D eigenvalue weighted by atomic mass is 9.82. The van der Waals surface area contributed by atoms with E-state index < -0.39 is 59.2 Å². The van der Waals surface area contributed by atoms with E-state index in [4.69, 9.17) is 20.8 Å². The van der Waals surface area contributed by atoms with Crippen molar-refractivity contribution in [1.29, 1.82) is 0 Å². The molecule has 0 radical (unpaired) electrons. The second-order valence-electron chi connectivity index (χ2n) is 16.6. The number of likely N-dealkylation sites (tertiary alicyclic amines) is 1. The minimum atomic E-state index is -1.07. The molecule has 2 saturated carbocycles. The van der Waals surface area contributed by atoms with E-state index in [1.165, 1.54) is 11.1 Å². The first kappa shape index (κ1) is 40.9. The Bertz CT molecular complexity index is 1900. The summed E-state index contributed by atoms with van der Waals surface area (Å²) >= 11 is 6.04. The number of aryl methyl sites for hydroxylation is 1. The van der Waals surface area contributed by atoms with Crippen LogP contribution >= 0.6 is 11.6 Å². The number of benzene rings is 1. The highest BCUT2D eigenvalue weighted by atomic mass is 35.5. The molecule has 5 atom stereocenters. The first-order valence-electron chi connectivity index (χ1n) is 19.9. The molecule has 2 aliphatic carbocycles. The van der Waals surface area contributed by atoms with E-state index in [-0.39, 0.29) is 49.1 Å². The van der Waals surface area contributed by atoms with Gasteiger partial charge >= 0.3 is 0 Å². The second-order valence-corrected chi connectivity index (χ2v) is 17.0. The number of Topliss-reactive ketones (excluding diaryl/α,β-unsaturated/α-hetero) is 1. The molecule has 6 rings (SSSR count). The molecule has 0 spiro atoms. The summed E-state index contributed by atoms with van der Waals surface area (Å²) in [5.41, 5.74) is 1.50. The summed E-state index contributed by atoms with van der Waals surface area (Å²) in [5, 5.41) is 12.3. The standard InChI is InChI=1S/C41H54ClN7O7/c1-6-10-29(34(50)38(53)44-26-15-16-26)45-36(51)30-20-27(55-32-18-14-25(42)21-43-32)22-49(30)39(54)35(41(3,4)5)48-37(52)33(24-11-8-7-9-12-24)47-40-46-28-17-13-23(2)19-31(28)56-40/h13-14,17-19,21,24,26-27,29-30,33,35H,6-12,15-16,20,22H2,1-5H3,(H,44,53)(H,45,51)(H,46,47)(H,48,52)/t27?,29?,30-,33+,35+/m1/s1. The number of aromatic nitrogens is 2. The van der Waals surface area contributed by atoms with Crippen LogP contribution in [0.3, 0.4) is 0 Å². The molecule has 2 aromatic heterocycles. The number of hydrogen-bond acceptors (Lipinski definition) is 10. The molecule has 3 fully saturated rings. The van der Waals surface area contributed by atoms with Crippen LogP contribution in [-0.4, -0.2) is 87.1 Å². The SMILES string of the molecule is CCCC(NC(=O)[C@H]1CC(Oc2ccc(Cl)cn2)CN1C(=O)[C@H](NC(=O)[C@@H](Nc1nc2ccc(C)cc2o1)C1CCCCC1)C(C)(C)C)C(=O)C(=O)NC1CC1. The molecule has 3 aromatic rings. The Morgan fingerprint density at radius 2 is 1.77 bits per heavy atom. The number of ketones is 1. The lowest BCUT2D eigenvalue weighted by molar-refractivity contribution is -0.145.